The van der Waals surface area contributed by atoms with E-state index < -0.39 is 70.0 Å². The van der Waals surface area contributed by atoms with E-state index in [0.717, 1.165) is 0 Å². The molecule has 0 unspecified atom stereocenters. The molecule has 2 heterocycles. The van der Waals surface area contributed by atoms with Crippen LogP contribution in [-0.4, -0.2) is 73.6 Å². The molecular weight excluding hydrogens is 416 g/mol. The maximum atomic E-state index is 10.4. The third kappa shape index (κ3) is 5.24. The number of nitrogens with zero attached hydrogens (tertiary/aromatic N) is 2. The van der Waals surface area contributed by atoms with E-state index in [1.165, 1.54) is 28.9 Å². The Morgan fingerprint density at radius 1 is 1.16 bits per heavy atom. The summed E-state index contributed by atoms with van der Waals surface area (Å²) in [6, 6.07) is 4.81. The van der Waals surface area contributed by atoms with Crippen molar-refractivity contribution < 1.29 is 48.3 Å². The summed E-state index contributed by atoms with van der Waals surface area (Å²) in [7, 11) is 0. The molecule has 1 fully saturated rings. The first-order valence-corrected chi connectivity index (χ1v) is 9.99. The van der Waals surface area contributed by atoms with Crippen molar-refractivity contribution in [3.05, 3.63) is 41.1 Å². The normalized spacial score (nSPS) is 32.2. The highest BCUT2D eigenvalue weighted by Crippen LogP contribution is 2.31. The van der Waals surface area contributed by atoms with Crippen molar-refractivity contribution in [2.24, 2.45) is 0 Å². The maximum absolute atomic E-state index is 10.4. The Bertz CT molecular complexity index is 1200. The van der Waals surface area contributed by atoms with Gasteiger partial charge < -0.3 is 34.6 Å². The number of benzene rings is 1. The molecule has 4 N–H and O–H groups in total. The predicted octanol–water partition coefficient (Wildman–Crippen LogP) is 1.33. The topological polar surface area (TPSA) is 126 Å². The molecule has 0 aliphatic carbocycles. The second-order valence-electron chi connectivity index (χ2n) is 7.74. The third-order valence-corrected chi connectivity index (χ3v) is 5.06. The lowest BCUT2D eigenvalue weighted by Gasteiger charge is -2.39. The minimum atomic E-state index is -3.31. The smallest absolute Gasteiger partial charge is 0.239 e. The fourth-order valence-electron chi connectivity index (χ4n) is 3.35. The van der Waals surface area contributed by atoms with E-state index in [1.807, 2.05) is 0 Å². The zero-order chi connectivity index (χ0) is 32.0. The molecule has 0 bridgehead atoms. The van der Waals surface area contributed by atoms with Crippen LogP contribution < -0.4 is 9.47 Å². The van der Waals surface area contributed by atoms with E-state index in [2.05, 4.69) is 5.10 Å². The molecule has 1 aliphatic heterocycles. The minimum Gasteiger partial charge on any atom is -0.491 e. The summed E-state index contributed by atoms with van der Waals surface area (Å²) in [4.78, 5) is 0. The van der Waals surface area contributed by atoms with E-state index in [0.29, 0.717) is 5.56 Å². The number of aliphatic hydroxyl groups excluding tert-OH is 4. The van der Waals surface area contributed by atoms with Gasteiger partial charge in [0.05, 0.1) is 14.1 Å². The molecule has 5 atom stereocenters. The molecule has 2 aromatic rings. The molecule has 0 radical (unpaired) electrons. The number of aromatic nitrogens is 2. The lowest BCUT2D eigenvalue weighted by Crippen LogP contribution is -2.60. The van der Waals surface area contributed by atoms with Crippen LogP contribution in [0.5, 0.6) is 11.6 Å². The van der Waals surface area contributed by atoms with Gasteiger partial charge >= 0.3 is 0 Å². The van der Waals surface area contributed by atoms with Crippen molar-refractivity contribution in [2.45, 2.75) is 83.7 Å². The summed E-state index contributed by atoms with van der Waals surface area (Å²) in [5.74, 6) is -0.498. The SMILES string of the molecule is [2H]C([2H])([2H])c1c(Cc2ccc(OC([2H])(C([2H])([2H])[2H])C([2H])([2H])[2H])cc2)c(O[C@@H]2O[C@H](CO)[C@@H](O)[C@H](O)[C@H]2O)nn1C(C)C. The van der Waals surface area contributed by atoms with Gasteiger partial charge in [0.15, 0.2) is 0 Å². The number of aliphatic hydroxyl groups is 4. The standard InChI is InChI=1S/C23H34N2O7/c1-12(2)25-14(5)17(10-15-6-8-16(9-7-15)30-13(3)4)22(24-25)32-23-21(29)20(28)19(27)18(11-26)31-23/h6-9,12-13,18-21,23,26-29H,10-11H2,1-5H3/t18-,19-,20+,21-,23+/m1/s1/i3D3,4D3,5D3,13D. The second-order valence-corrected chi connectivity index (χ2v) is 7.74. The maximum Gasteiger partial charge on any atom is 0.239 e. The van der Waals surface area contributed by atoms with Crippen molar-refractivity contribution in [2.75, 3.05) is 6.61 Å². The van der Waals surface area contributed by atoms with Gasteiger partial charge in [-0.05, 0) is 52.1 Å². The van der Waals surface area contributed by atoms with Gasteiger partial charge in [-0.15, -0.1) is 5.10 Å². The van der Waals surface area contributed by atoms with Gasteiger partial charge in [0, 0.05) is 36.1 Å². The van der Waals surface area contributed by atoms with Crippen molar-refractivity contribution >= 4 is 0 Å². The highest BCUT2D eigenvalue weighted by Gasteiger charge is 2.45. The van der Waals surface area contributed by atoms with Crippen LogP contribution in [0, 0.1) is 6.85 Å². The molecule has 0 spiro atoms. The molecule has 9 heteroatoms. The number of hydrogen-bond acceptors (Lipinski definition) is 8. The molecule has 1 saturated heterocycles. The highest BCUT2D eigenvalue weighted by atomic mass is 16.7. The number of rotatable bonds is 8. The highest BCUT2D eigenvalue weighted by molar-refractivity contribution is 5.38. The van der Waals surface area contributed by atoms with Crippen LogP contribution in [0.2, 0.25) is 0 Å². The zero-order valence-corrected chi connectivity index (χ0v) is 17.6. The summed E-state index contributed by atoms with van der Waals surface area (Å²) < 4.78 is 95.0. The second kappa shape index (κ2) is 10.2. The van der Waals surface area contributed by atoms with Gasteiger partial charge in [-0.2, -0.15) is 0 Å². The predicted molar refractivity (Wildman–Crippen MR) is 117 cm³/mol. The van der Waals surface area contributed by atoms with Crippen molar-refractivity contribution in [1.82, 2.24) is 9.78 Å². The number of hydrogen-bond donors (Lipinski definition) is 4. The Labute approximate surface area is 202 Å². The van der Waals surface area contributed by atoms with Crippen LogP contribution in [0.4, 0.5) is 0 Å². The molecule has 178 valence electrons. The van der Waals surface area contributed by atoms with Crippen molar-refractivity contribution in [3.63, 3.8) is 0 Å². The molecule has 3 rings (SSSR count). The van der Waals surface area contributed by atoms with Crippen LogP contribution in [0.15, 0.2) is 24.3 Å². The molecular formula is C23H34N2O7. The van der Waals surface area contributed by atoms with Gasteiger partial charge in [0.2, 0.25) is 12.2 Å². The first-order chi connectivity index (χ1) is 19.1. The molecule has 1 aromatic carbocycles. The van der Waals surface area contributed by atoms with E-state index in [1.54, 1.807) is 13.8 Å². The van der Waals surface area contributed by atoms with Crippen molar-refractivity contribution in [1.29, 1.82) is 0 Å². The molecule has 1 aromatic heterocycles. The van der Waals surface area contributed by atoms with E-state index in [9.17, 15) is 20.4 Å². The summed E-state index contributed by atoms with van der Waals surface area (Å²) >= 11 is 0. The quantitative estimate of drug-likeness (QED) is 0.465. The Morgan fingerprint density at radius 3 is 2.47 bits per heavy atom. The fourth-order valence-corrected chi connectivity index (χ4v) is 3.35. The van der Waals surface area contributed by atoms with Gasteiger partial charge in [-0.1, -0.05) is 12.1 Å². The molecule has 0 saturated carbocycles. The van der Waals surface area contributed by atoms with E-state index >= 15 is 0 Å². The van der Waals surface area contributed by atoms with Gasteiger partial charge in [0.1, 0.15) is 30.2 Å². The van der Waals surface area contributed by atoms with Gasteiger partial charge in [-0.25, -0.2) is 0 Å². The average molecular weight is 461 g/mol. The Balaban J connectivity index is 2.01. The Kier molecular flexibility index (Phi) is 4.51. The lowest BCUT2D eigenvalue weighted by molar-refractivity contribution is -0.278. The minimum absolute atomic E-state index is 0.0501. The summed E-state index contributed by atoms with van der Waals surface area (Å²) in [5.41, 5.74) is 0.273. The Morgan fingerprint density at radius 2 is 1.88 bits per heavy atom. The van der Waals surface area contributed by atoms with Crippen LogP contribution in [-0.2, 0) is 11.2 Å². The lowest BCUT2D eigenvalue weighted by atomic mass is 9.99. The van der Waals surface area contributed by atoms with E-state index in [4.69, 9.17) is 27.9 Å². The fraction of sp³-hybridized carbons (Fsp3) is 0.609. The van der Waals surface area contributed by atoms with Crippen LogP contribution in [0.25, 0.3) is 0 Å². The molecule has 0 amide bonds. The van der Waals surface area contributed by atoms with Crippen LogP contribution >= 0.6 is 0 Å². The monoisotopic (exact) mass is 460 g/mol. The summed E-state index contributed by atoms with van der Waals surface area (Å²) in [6.07, 6.45) is -11.5. The van der Waals surface area contributed by atoms with E-state index in [-0.39, 0.29) is 29.3 Å². The first-order valence-electron chi connectivity index (χ1n) is 15.0. The largest absolute Gasteiger partial charge is 0.491 e. The first kappa shape index (κ1) is 14.2. The zero-order valence-electron chi connectivity index (χ0n) is 27.6. The summed E-state index contributed by atoms with van der Waals surface area (Å²) in [5, 5.41) is 44.4. The number of ether oxygens (including phenoxy) is 3. The van der Waals surface area contributed by atoms with Crippen molar-refractivity contribution in [3.8, 4) is 11.6 Å². The average Bonchev–Trinajstić information content (AvgIpc) is 3.22. The van der Waals surface area contributed by atoms with Gasteiger partial charge in [0.25, 0.3) is 0 Å². The Hall–Kier alpha value is -2.17. The molecule has 1 aliphatic rings. The van der Waals surface area contributed by atoms with Crippen LogP contribution in [0.3, 0.4) is 0 Å². The third-order valence-electron chi connectivity index (χ3n) is 5.06. The van der Waals surface area contributed by atoms with Gasteiger partial charge in [-0.3, -0.25) is 4.68 Å². The van der Waals surface area contributed by atoms with Crippen LogP contribution in [0.1, 0.15) is 64.1 Å². The molecule has 32 heavy (non-hydrogen) atoms. The molecule has 9 nitrogen and oxygen atoms in total. The summed E-state index contributed by atoms with van der Waals surface area (Å²) in [6.45, 7) is -6.67.